The summed E-state index contributed by atoms with van der Waals surface area (Å²) in [5.74, 6) is -2.43. The SMILES string of the molecule is COC(=O)c1cc(-c2noc(C(F)(F)F)n2)cnc1C. The van der Waals surface area contributed by atoms with Crippen LogP contribution in [-0.2, 0) is 10.9 Å². The minimum absolute atomic E-state index is 0.114. The van der Waals surface area contributed by atoms with E-state index in [9.17, 15) is 18.0 Å². The number of ether oxygens (including phenoxy) is 1. The first kappa shape index (κ1) is 14.0. The third-order valence-electron chi connectivity index (χ3n) is 2.42. The predicted octanol–water partition coefficient (Wildman–Crippen LogP) is 2.25. The molecule has 2 aromatic rings. The lowest BCUT2D eigenvalue weighted by Crippen LogP contribution is -2.06. The number of halogens is 3. The summed E-state index contributed by atoms with van der Waals surface area (Å²) in [6.07, 6.45) is -3.48. The van der Waals surface area contributed by atoms with Crippen molar-refractivity contribution >= 4 is 5.97 Å². The van der Waals surface area contributed by atoms with Crippen LogP contribution in [-0.4, -0.2) is 28.2 Å². The Kier molecular flexibility index (Phi) is 3.43. The van der Waals surface area contributed by atoms with Crippen LogP contribution in [0.15, 0.2) is 16.8 Å². The van der Waals surface area contributed by atoms with Gasteiger partial charge in [0.1, 0.15) is 0 Å². The maximum Gasteiger partial charge on any atom is 0.471 e. The van der Waals surface area contributed by atoms with E-state index < -0.39 is 18.0 Å². The quantitative estimate of drug-likeness (QED) is 0.788. The molecule has 2 heterocycles. The summed E-state index contributed by atoms with van der Waals surface area (Å²) >= 11 is 0. The molecule has 20 heavy (non-hydrogen) atoms. The Morgan fingerprint density at radius 1 is 1.40 bits per heavy atom. The molecular weight excluding hydrogens is 279 g/mol. The molecule has 0 saturated carbocycles. The van der Waals surface area contributed by atoms with Gasteiger partial charge >= 0.3 is 18.0 Å². The summed E-state index contributed by atoms with van der Waals surface area (Å²) in [6.45, 7) is 1.56. The van der Waals surface area contributed by atoms with Crippen LogP contribution >= 0.6 is 0 Å². The fourth-order valence-electron chi connectivity index (χ4n) is 1.43. The Bertz CT molecular complexity index is 652. The van der Waals surface area contributed by atoms with Crippen LogP contribution in [0, 0.1) is 6.92 Å². The van der Waals surface area contributed by atoms with Crippen molar-refractivity contribution in [3.8, 4) is 11.4 Å². The molecule has 0 aliphatic carbocycles. The van der Waals surface area contributed by atoms with Gasteiger partial charge in [-0.1, -0.05) is 5.16 Å². The zero-order valence-corrected chi connectivity index (χ0v) is 10.4. The third-order valence-corrected chi connectivity index (χ3v) is 2.42. The van der Waals surface area contributed by atoms with E-state index in [1.807, 2.05) is 0 Å². The highest BCUT2D eigenvalue weighted by atomic mass is 19.4. The maximum absolute atomic E-state index is 12.4. The largest absolute Gasteiger partial charge is 0.471 e. The molecule has 2 aromatic heterocycles. The summed E-state index contributed by atoms with van der Waals surface area (Å²) in [5, 5.41) is 3.21. The van der Waals surface area contributed by atoms with Crippen molar-refractivity contribution in [2.45, 2.75) is 13.1 Å². The van der Waals surface area contributed by atoms with E-state index >= 15 is 0 Å². The number of nitrogens with zero attached hydrogens (tertiary/aromatic N) is 3. The summed E-state index contributed by atoms with van der Waals surface area (Å²) < 4.78 is 45.7. The van der Waals surface area contributed by atoms with Crippen molar-refractivity contribution < 1.29 is 27.2 Å². The number of carbonyl (C=O) groups is 1. The molecule has 0 spiro atoms. The fourth-order valence-corrected chi connectivity index (χ4v) is 1.43. The molecule has 0 bridgehead atoms. The molecule has 0 unspecified atom stereocenters. The highest BCUT2D eigenvalue weighted by molar-refractivity contribution is 5.91. The van der Waals surface area contributed by atoms with Gasteiger partial charge in [0.15, 0.2) is 0 Å². The predicted molar refractivity (Wildman–Crippen MR) is 58.6 cm³/mol. The molecule has 0 fully saturated rings. The van der Waals surface area contributed by atoms with E-state index in [-0.39, 0.29) is 17.0 Å². The summed E-state index contributed by atoms with van der Waals surface area (Å²) in [7, 11) is 1.19. The molecule has 0 radical (unpaired) electrons. The zero-order chi connectivity index (χ0) is 14.9. The normalized spacial score (nSPS) is 11.4. The van der Waals surface area contributed by atoms with Gasteiger partial charge in [-0.15, -0.1) is 0 Å². The highest BCUT2D eigenvalue weighted by Gasteiger charge is 2.38. The molecular formula is C11H8F3N3O3. The van der Waals surface area contributed by atoms with E-state index in [1.165, 1.54) is 19.4 Å². The van der Waals surface area contributed by atoms with Crippen LogP contribution in [0.1, 0.15) is 21.9 Å². The summed E-state index contributed by atoms with van der Waals surface area (Å²) in [6, 6.07) is 1.29. The van der Waals surface area contributed by atoms with Crippen LogP contribution in [0.3, 0.4) is 0 Å². The summed E-state index contributed by atoms with van der Waals surface area (Å²) in [4.78, 5) is 18.6. The Morgan fingerprint density at radius 2 is 2.10 bits per heavy atom. The van der Waals surface area contributed by atoms with Gasteiger partial charge in [0.25, 0.3) is 0 Å². The maximum atomic E-state index is 12.4. The fraction of sp³-hybridized carbons (Fsp3) is 0.273. The number of hydrogen-bond donors (Lipinski definition) is 0. The number of carbonyl (C=O) groups excluding carboxylic acids is 1. The van der Waals surface area contributed by atoms with Crippen molar-refractivity contribution in [3.05, 3.63) is 29.4 Å². The molecule has 0 aromatic carbocycles. The summed E-state index contributed by atoms with van der Waals surface area (Å²) in [5.41, 5.74) is 0.610. The molecule has 0 aliphatic rings. The molecule has 0 saturated heterocycles. The number of rotatable bonds is 2. The number of aromatic nitrogens is 3. The Morgan fingerprint density at radius 3 is 2.65 bits per heavy atom. The zero-order valence-electron chi connectivity index (χ0n) is 10.4. The molecule has 0 N–H and O–H groups in total. The van der Waals surface area contributed by atoms with Crippen LogP contribution in [0.5, 0.6) is 0 Å². The highest BCUT2D eigenvalue weighted by Crippen LogP contribution is 2.29. The van der Waals surface area contributed by atoms with Gasteiger partial charge in [-0.2, -0.15) is 18.2 Å². The molecule has 9 heteroatoms. The lowest BCUT2D eigenvalue weighted by atomic mass is 10.1. The monoisotopic (exact) mass is 287 g/mol. The van der Waals surface area contributed by atoms with Crippen molar-refractivity contribution in [3.63, 3.8) is 0 Å². The molecule has 2 rings (SSSR count). The van der Waals surface area contributed by atoms with Crippen molar-refractivity contribution in [1.29, 1.82) is 0 Å². The number of aryl methyl sites for hydroxylation is 1. The first-order valence-electron chi connectivity index (χ1n) is 5.29. The third kappa shape index (κ3) is 2.60. The second-order valence-corrected chi connectivity index (χ2v) is 3.77. The van der Waals surface area contributed by atoms with Crippen LogP contribution in [0.25, 0.3) is 11.4 Å². The Labute approximate surface area is 110 Å². The minimum Gasteiger partial charge on any atom is -0.465 e. The topological polar surface area (TPSA) is 78.1 Å². The number of esters is 1. The molecule has 106 valence electrons. The average Bonchev–Trinajstić information content (AvgIpc) is 2.88. The van der Waals surface area contributed by atoms with Gasteiger partial charge in [0.05, 0.1) is 18.4 Å². The van der Waals surface area contributed by atoms with Crippen LogP contribution in [0.2, 0.25) is 0 Å². The smallest absolute Gasteiger partial charge is 0.465 e. The molecule has 0 aliphatic heterocycles. The van der Waals surface area contributed by atoms with E-state index in [1.54, 1.807) is 6.92 Å². The number of methoxy groups -OCH3 is 1. The molecule has 6 nitrogen and oxygen atoms in total. The number of alkyl halides is 3. The Hall–Kier alpha value is -2.45. The van der Waals surface area contributed by atoms with Gasteiger partial charge in [-0.05, 0) is 13.0 Å². The van der Waals surface area contributed by atoms with E-state index in [4.69, 9.17) is 0 Å². The van der Waals surface area contributed by atoms with Crippen LogP contribution < -0.4 is 0 Å². The minimum atomic E-state index is -4.73. The van der Waals surface area contributed by atoms with Crippen molar-refractivity contribution in [2.24, 2.45) is 0 Å². The number of hydrogen-bond acceptors (Lipinski definition) is 6. The number of pyridine rings is 1. The van der Waals surface area contributed by atoms with Gasteiger partial charge in [0, 0.05) is 11.8 Å². The average molecular weight is 287 g/mol. The first-order valence-corrected chi connectivity index (χ1v) is 5.29. The van der Waals surface area contributed by atoms with E-state index in [2.05, 4.69) is 24.4 Å². The van der Waals surface area contributed by atoms with Gasteiger partial charge in [0.2, 0.25) is 5.82 Å². The second kappa shape index (κ2) is 4.91. The lowest BCUT2D eigenvalue weighted by Gasteiger charge is -2.03. The lowest BCUT2D eigenvalue weighted by molar-refractivity contribution is -0.159. The van der Waals surface area contributed by atoms with Gasteiger partial charge in [-0.25, -0.2) is 4.79 Å². The van der Waals surface area contributed by atoms with Gasteiger partial charge in [-0.3, -0.25) is 4.98 Å². The first-order chi connectivity index (χ1) is 9.32. The second-order valence-electron chi connectivity index (χ2n) is 3.77. The standard InChI is InChI=1S/C11H8F3N3O3/c1-5-7(9(18)19-2)3-6(4-15-5)8-16-10(20-17-8)11(12,13)14/h3-4H,1-2H3. The van der Waals surface area contributed by atoms with Crippen molar-refractivity contribution in [2.75, 3.05) is 7.11 Å². The van der Waals surface area contributed by atoms with Gasteiger partial charge < -0.3 is 9.26 Å². The van der Waals surface area contributed by atoms with Crippen LogP contribution in [0.4, 0.5) is 13.2 Å². The molecule has 0 amide bonds. The van der Waals surface area contributed by atoms with Crippen molar-refractivity contribution in [1.82, 2.24) is 15.1 Å². The van der Waals surface area contributed by atoms with E-state index in [0.29, 0.717) is 5.69 Å². The Balaban J connectivity index is 2.43. The molecule has 0 atom stereocenters. The van der Waals surface area contributed by atoms with E-state index in [0.717, 1.165) is 0 Å².